The van der Waals surface area contributed by atoms with Crippen LogP contribution in [-0.4, -0.2) is 52.9 Å². The van der Waals surface area contributed by atoms with Crippen LogP contribution in [-0.2, 0) is 17.3 Å². The zero-order valence-corrected chi connectivity index (χ0v) is 25.2. The second-order valence-corrected chi connectivity index (χ2v) is 12.1. The number of anilines is 2. The minimum absolute atomic E-state index is 0.0916. The third kappa shape index (κ3) is 4.84. The number of nitrogens with one attached hydrogen (secondary N) is 1. The van der Waals surface area contributed by atoms with E-state index in [1.807, 2.05) is 35.6 Å². The predicted molar refractivity (Wildman–Crippen MR) is 168 cm³/mol. The van der Waals surface area contributed by atoms with E-state index in [1.54, 1.807) is 36.4 Å². The maximum atomic E-state index is 15.5. The Morgan fingerprint density at radius 1 is 1.20 bits per heavy atom. The molecule has 1 aromatic carbocycles. The van der Waals surface area contributed by atoms with Crippen molar-refractivity contribution in [1.82, 2.24) is 34.4 Å². The highest BCUT2D eigenvalue weighted by Gasteiger charge is 2.47. The second kappa shape index (κ2) is 10.7. The Morgan fingerprint density at radius 2 is 2.05 bits per heavy atom. The van der Waals surface area contributed by atoms with Crippen LogP contribution in [0.15, 0.2) is 72.2 Å². The van der Waals surface area contributed by atoms with Crippen molar-refractivity contribution in [2.24, 2.45) is 7.05 Å². The molecule has 1 saturated heterocycles. The lowest BCUT2D eigenvalue weighted by Crippen LogP contribution is -2.52. The number of fused-ring (bicyclic) bond motifs is 2. The molecule has 1 fully saturated rings. The molecule has 12 heteroatoms. The van der Waals surface area contributed by atoms with Gasteiger partial charge in [-0.15, -0.1) is 11.8 Å². The van der Waals surface area contributed by atoms with Gasteiger partial charge < -0.3 is 19.5 Å². The molecule has 6 heterocycles. The van der Waals surface area contributed by atoms with Crippen LogP contribution in [0.3, 0.4) is 0 Å². The Hall–Kier alpha value is -4.84. The van der Waals surface area contributed by atoms with Crippen molar-refractivity contribution in [2.75, 3.05) is 11.9 Å². The summed E-state index contributed by atoms with van der Waals surface area (Å²) in [6.45, 7) is 8.10. The molecule has 2 aliphatic heterocycles. The van der Waals surface area contributed by atoms with Gasteiger partial charge in [-0.05, 0) is 61.9 Å². The van der Waals surface area contributed by atoms with Crippen molar-refractivity contribution in [3.63, 3.8) is 0 Å². The van der Waals surface area contributed by atoms with Crippen LogP contribution in [0.2, 0.25) is 0 Å². The molecule has 44 heavy (non-hydrogen) atoms. The van der Waals surface area contributed by atoms with E-state index >= 15 is 4.39 Å². The van der Waals surface area contributed by atoms with Gasteiger partial charge in [-0.25, -0.2) is 29.3 Å². The average molecular weight is 609 g/mol. The topological polar surface area (TPSA) is 111 Å². The number of likely N-dealkylation sites (tertiary alicyclic amines) is 1. The molecule has 7 rings (SSSR count). The summed E-state index contributed by atoms with van der Waals surface area (Å²) in [5.41, 5.74) is 3.88. The summed E-state index contributed by atoms with van der Waals surface area (Å²) in [5, 5.41) is 5.25. The van der Waals surface area contributed by atoms with Gasteiger partial charge in [0.1, 0.15) is 34.7 Å². The summed E-state index contributed by atoms with van der Waals surface area (Å²) in [6, 6.07) is 8.75. The Morgan fingerprint density at radius 3 is 2.84 bits per heavy atom. The van der Waals surface area contributed by atoms with E-state index in [9.17, 15) is 4.79 Å². The number of carbonyl (C=O) groups is 1. The molecule has 222 valence electrons. The number of amides is 1. The van der Waals surface area contributed by atoms with Crippen LogP contribution in [0.4, 0.5) is 15.9 Å². The number of imidazole rings is 1. The molecular formula is C32H29FN8O2S. The minimum Gasteiger partial charge on any atom is -0.455 e. The second-order valence-electron chi connectivity index (χ2n) is 11.2. The molecule has 1 N–H and O–H groups in total. The maximum absolute atomic E-state index is 15.5. The van der Waals surface area contributed by atoms with Crippen molar-refractivity contribution in [2.45, 2.75) is 38.1 Å². The first-order valence-electron chi connectivity index (χ1n) is 14.2. The highest BCUT2D eigenvalue weighted by molar-refractivity contribution is 8.12. The van der Waals surface area contributed by atoms with Crippen molar-refractivity contribution >= 4 is 51.4 Å². The van der Waals surface area contributed by atoms with Crippen LogP contribution in [0.1, 0.15) is 31.0 Å². The van der Waals surface area contributed by atoms with Gasteiger partial charge in [0.2, 0.25) is 5.91 Å². The van der Waals surface area contributed by atoms with E-state index in [-0.39, 0.29) is 17.6 Å². The summed E-state index contributed by atoms with van der Waals surface area (Å²) in [4.78, 5) is 38.4. The fraction of sp³-hybridized carbons (Fsp3) is 0.250. The number of ether oxygens (including phenoxy) is 1. The number of benzene rings is 1. The number of rotatable bonds is 7. The van der Waals surface area contributed by atoms with E-state index in [0.29, 0.717) is 46.0 Å². The Labute approximate surface area is 257 Å². The van der Waals surface area contributed by atoms with Gasteiger partial charge >= 0.3 is 0 Å². The summed E-state index contributed by atoms with van der Waals surface area (Å²) < 4.78 is 23.3. The van der Waals surface area contributed by atoms with Gasteiger partial charge in [0, 0.05) is 36.7 Å². The first-order valence-corrected chi connectivity index (χ1v) is 15.1. The smallest absolute Gasteiger partial charge is 0.246 e. The molecule has 0 bridgehead atoms. The van der Waals surface area contributed by atoms with Gasteiger partial charge in [0.15, 0.2) is 11.5 Å². The zero-order valence-electron chi connectivity index (χ0n) is 24.4. The van der Waals surface area contributed by atoms with E-state index < -0.39 is 11.2 Å². The standard InChI is InChI=1S/C32H29FN8O2S/c1-5-28(42)41-15-32(27-14-44-27,9-8-19(41)3)26-7-6-22-29(39-26)30(36-16-35-22)38-23-10-18(2)25(12-21(23)33)43-20-11-24-31(34-13-20)40(4)17-37-24/h5-7,10-14,16-17,19H,1,8-9,15H2,2-4H3,(H,35,36,38)/t19-,32-/m1/s1. The number of aryl methyl sites for hydroxylation is 2. The first kappa shape index (κ1) is 28.0. The summed E-state index contributed by atoms with van der Waals surface area (Å²) >= 11 is 1.68. The third-order valence-electron chi connectivity index (χ3n) is 8.37. The average Bonchev–Trinajstić information content (AvgIpc) is 3.83. The zero-order chi connectivity index (χ0) is 30.6. The largest absolute Gasteiger partial charge is 0.455 e. The van der Waals surface area contributed by atoms with E-state index in [2.05, 4.69) is 44.2 Å². The normalized spacial score (nSPS) is 19.6. The Bertz CT molecular complexity index is 2010. The van der Waals surface area contributed by atoms with E-state index in [4.69, 9.17) is 9.72 Å². The summed E-state index contributed by atoms with van der Waals surface area (Å²) in [5.74, 6) is 0.591. The molecule has 2 atom stereocenters. The molecule has 1 amide bonds. The van der Waals surface area contributed by atoms with Crippen LogP contribution >= 0.6 is 11.8 Å². The van der Waals surface area contributed by atoms with Gasteiger partial charge in [-0.3, -0.25) is 4.79 Å². The van der Waals surface area contributed by atoms with Gasteiger partial charge in [-0.2, -0.15) is 0 Å². The number of halogens is 1. The lowest BCUT2D eigenvalue weighted by Gasteiger charge is -2.44. The molecule has 4 aromatic heterocycles. The number of nitrogens with zero attached hydrogens (tertiary/aromatic N) is 7. The fourth-order valence-corrected chi connectivity index (χ4v) is 6.60. The molecule has 0 spiro atoms. The molecule has 2 aliphatic rings. The molecule has 5 aromatic rings. The van der Waals surface area contributed by atoms with Crippen LogP contribution < -0.4 is 10.1 Å². The van der Waals surface area contributed by atoms with E-state index in [0.717, 1.165) is 24.2 Å². The number of carbonyl (C=O) groups excluding carboxylic acids is 1. The predicted octanol–water partition coefficient (Wildman–Crippen LogP) is 6.31. The molecule has 0 radical (unpaired) electrons. The van der Waals surface area contributed by atoms with Gasteiger partial charge in [-0.1, -0.05) is 6.58 Å². The quantitative estimate of drug-likeness (QED) is 0.212. The minimum atomic E-state index is -0.517. The molecular weight excluding hydrogens is 579 g/mol. The van der Waals surface area contributed by atoms with Crippen LogP contribution in [0.25, 0.3) is 22.2 Å². The van der Waals surface area contributed by atoms with Gasteiger partial charge in [0.25, 0.3) is 0 Å². The fourth-order valence-electron chi connectivity index (χ4n) is 5.82. The third-order valence-corrected chi connectivity index (χ3v) is 9.23. The SMILES string of the molecule is C=CC(=O)N1C[C@@](C2=CS2)(c2ccc3ncnc(Nc4cc(C)c(Oc5cnc6c(c5)ncn6C)cc4F)c3n2)CC[C@H]1C. The summed E-state index contributed by atoms with van der Waals surface area (Å²) in [6.07, 6.45) is 7.74. The number of pyridine rings is 2. The van der Waals surface area contributed by atoms with E-state index in [1.165, 1.54) is 23.4 Å². The number of hydrogen-bond acceptors (Lipinski definition) is 9. The monoisotopic (exact) mass is 608 g/mol. The first-order chi connectivity index (χ1) is 21.3. The molecule has 0 saturated carbocycles. The highest BCUT2D eigenvalue weighted by Crippen LogP contribution is 2.54. The van der Waals surface area contributed by atoms with Crippen LogP contribution in [0, 0.1) is 12.7 Å². The van der Waals surface area contributed by atoms with Gasteiger partial charge in [0.05, 0.1) is 34.8 Å². The maximum Gasteiger partial charge on any atom is 0.246 e. The van der Waals surface area contributed by atoms with Crippen molar-refractivity contribution in [3.8, 4) is 11.5 Å². The summed E-state index contributed by atoms with van der Waals surface area (Å²) in [7, 11) is 1.86. The number of thioether (sulfide) groups is 1. The van der Waals surface area contributed by atoms with Crippen molar-refractivity contribution in [1.29, 1.82) is 0 Å². The van der Waals surface area contributed by atoms with Crippen molar-refractivity contribution < 1.29 is 13.9 Å². The number of hydrogen-bond donors (Lipinski definition) is 1. The lowest BCUT2D eigenvalue weighted by atomic mass is 9.75. The molecule has 0 unspecified atom stereocenters. The Kier molecular flexibility index (Phi) is 6.80. The van der Waals surface area contributed by atoms with Crippen LogP contribution in [0.5, 0.6) is 11.5 Å². The number of aromatic nitrogens is 6. The Balaban J connectivity index is 1.20. The lowest BCUT2D eigenvalue weighted by molar-refractivity contribution is -0.130. The molecule has 10 nitrogen and oxygen atoms in total. The number of piperidine rings is 1. The molecule has 0 aliphatic carbocycles. The highest BCUT2D eigenvalue weighted by atomic mass is 32.2. The van der Waals surface area contributed by atoms with Crippen molar-refractivity contribution in [3.05, 3.63) is 89.2 Å².